The Bertz CT molecular complexity index is 917. The highest BCUT2D eigenvalue weighted by Crippen LogP contribution is 2.33. The van der Waals surface area contributed by atoms with Crippen LogP contribution < -0.4 is 14.8 Å². The molecule has 0 atom stereocenters. The lowest BCUT2D eigenvalue weighted by molar-refractivity contribution is -0.133. The number of nitrogens with zero attached hydrogens (tertiary/aromatic N) is 2. The second kappa shape index (κ2) is 11.7. The molecule has 0 aliphatic carbocycles. The quantitative estimate of drug-likeness (QED) is 0.519. The molecule has 0 saturated carbocycles. The Morgan fingerprint density at radius 1 is 1.16 bits per heavy atom. The summed E-state index contributed by atoms with van der Waals surface area (Å²) in [5.41, 5.74) is 2.10. The summed E-state index contributed by atoms with van der Waals surface area (Å²) in [5, 5.41) is 4.82. The predicted molar refractivity (Wildman–Crippen MR) is 123 cm³/mol. The molecule has 0 saturated heterocycles. The third-order valence-corrected chi connectivity index (χ3v) is 6.19. The number of benzene rings is 1. The maximum absolute atomic E-state index is 13.4. The van der Waals surface area contributed by atoms with Gasteiger partial charge < -0.3 is 29.3 Å². The average molecular weight is 462 g/mol. The number of aryl methyl sites for hydroxylation is 1. The number of hydrogen-bond acceptors (Lipinski definition) is 6. The van der Waals surface area contributed by atoms with Crippen molar-refractivity contribution >= 4 is 23.3 Å². The minimum atomic E-state index is -0.243. The molecule has 2 heterocycles. The van der Waals surface area contributed by atoms with Crippen molar-refractivity contribution in [3.8, 4) is 11.5 Å². The van der Waals surface area contributed by atoms with E-state index in [9.17, 15) is 9.59 Å². The standard InChI is InChI=1S/C23H31N3O5S/c1-4-24-23(28)25(9-5-10-29-3)15-22(27)26(14-21-17(2)8-11-32-21)13-18-6-7-19-20(12-18)31-16-30-19/h6-8,11-12H,4-5,9-10,13-16H2,1-3H3,(H,24,28). The van der Waals surface area contributed by atoms with E-state index in [2.05, 4.69) is 11.4 Å². The molecule has 174 valence electrons. The fourth-order valence-corrected chi connectivity index (χ4v) is 4.33. The van der Waals surface area contributed by atoms with Crippen LogP contribution in [0.15, 0.2) is 29.6 Å². The molecule has 1 aliphatic heterocycles. The Balaban J connectivity index is 1.76. The minimum Gasteiger partial charge on any atom is -0.454 e. The fraction of sp³-hybridized carbons (Fsp3) is 0.478. The lowest BCUT2D eigenvalue weighted by atomic mass is 10.1. The van der Waals surface area contributed by atoms with Crippen LogP contribution in [0.4, 0.5) is 4.79 Å². The Morgan fingerprint density at radius 3 is 2.69 bits per heavy atom. The highest BCUT2D eigenvalue weighted by molar-refractivity contribution is 7.10. The van der Waals surface area contributed by atoms with Crippen LogP contribution in [-0.4, -0.2) is 61.9 Å². The molecule has 0 bridgehead atoms. The number of rotatable bonds is 11. The van der Waals surface area contributed by atoms with E-state index < -0.39 is 0 Å². The molecule has 3 rings (SSSR count). The molecular formula is C23H31N3O5S. The van der Waals surface area contributed by atoms with Crippen LogP contribution in [-0.2, 0) is 22.6 Å². The van der Waals surface area contributed by atoms with Gasteiger partial charge in [0.2, 0.25) is 12.7 Å². The van der Waals surface area contributed by atoms with E-state index in [1.807, 2.05) is 37.4 Å². The number of hydrogen-bond donors (Lipinski definition) is 1. The first-order chi connectivity index (χ1) is 15.5. The summed E-state index contributed by atoms with van der Waals surface area (Å²) in [5.74, 6) is 1.28. The summed E-state index contributed by atoms with van der Waals surface area (Å²) in [6.07, 6.45) is 0.660. The molecule has 0 fully saturated rings. The molecule has 1 N–H and O–H groups in total. The molecule has 0 radical (unpaired) electrons. The predicted octanol–water partition coefficient (Wildman–Crippen LogP) is 3.38. The van der Waals surface area contributed by atoms with Crippen molar-refractivity contribution in [2.24, 2.45) is 0 Å². The molecule has 1 aromatic heterocycles. The summed E-state index contributed by atoms with van der Waals surface area (Å²) in [4.78, 5) is 30.4. The first-order valence-corrected chi connectivity index (χ1v) is 11.6. The number of ether oxygens (including phenoxy) is 3. The van der Waals surface area contributed by atoms with Gasteiger partial charge in [0.05, 0.1) is 6.54 Å². The number of fused-ring (bicyclic) bond motifs is 1. The van der Waals surface area contributed by atoms with Crippen molar-refractivity contribution in [3.05, 3.63) is 45.6 Å². The van der Waals surface area contributed by atoms with Crippen molar-refractivity contribution in [2.45, 2.75) is 33.4 Å². The van der Waals surface area contributed by atoms with Crippen LogP contribution in [0.3, 0.4) is 0 Å². The van der Waals surface area contributed by atoms with Gasteiger partial charge in [0.15, 0.2) is 11.5 Å². The zero-order chi connectivity index (χ0) is 22.9. The maximum atomic E-state index is 13.4. The second-order valence-corrected chi connectivity index (χ2v) is 8.57. The van der Waals surface area contributed by atoms with E-state index in [1.54, 1.807) is 28.2 Å². The van der Waals surface area contributed by atoms with Gasteiger partial charge in [-0.05, 0) is 55.0 Å². The smallest absolute Gasteiger partial charge is 0.317 e. The van der Waals surface area contributed by atoms with Gasteiger partial charge >= 0.3 is 6.03 Å². The highest BCUT2D eigenvalue weighted by atomic mass is 32.1. The van der Waals surface area contributed by atoms with Crippen LogP contribution in [0.5, 0.6) is 11.5 Å². The zero-order valence-electron chi connectivity index (χ0n) is 18.9. The monoisotopic (exact) mass is 461 g/mol. The average Bonchev–Trinajstić information content (AvgIpc) is 3.41. The third-order valence-electron chi connectivity index (χ3n) is 5.18. The summed E-state index contributed by atoms with van der Waals surface area (Å²) in [6.45, 7) is 6.48. The van der Waals surface area contributed by atoms with Gasteiger partial charge in [-0.2, -0.15) is 0 Å². The second-order valence-electron chi connectivity index (χ2n) is 7.57. The topological polar surface area (TPSA) is 80.3 Å². The number of carbonyl (C=O) groups excluding carboxylic acids is 2. The fourth-order valence-electron chi connectivity index (χ4n) is 3.41. The van der Waals surface area contributed by atoms with E-state index in [0.717, 1.165) is 16.0 Å². The first-order valence-electron chi connectivity index (χ1n) is 10.7. The maximum Gasteiger partial charge on any atom is 0.317 e. The summed E-state index contributed by atoms with van der Waals surface area (Å²) < 4.78 is 16.0. The Kier molecular flexibility index (Phi) is 8.75. The van der Waals surface area contributed by atoms with Gasteiger partial charge in [-0.25, -0.2) is 4.79 Å². The molecule has 8 nitrogen and oxygen atoms in total. The third kappa shape index (κ3) is 6.37. The van der Waals surface area contributed by atoms with Crippen molar-refractivity contribution in [3.63, 3.8) is 0 Å². The highest BCUT2D eigenvalue weighted by Gasteiger charge is 2.23. The number of methoxy groups -OCH3 is 1. The summed E-state index contributed by atoms with van der Waals surface area (Å²) in [6, 6.07) is 7.52. The molecule has 1 aliphatic rings. The van der Waals surface area contributed by atoms with Crippen LogP contribution in [0.1, 0.15) is 29.3 Å². The van der Waals surface area contributed by atoms with Gasteiger partial charge in [0, 0.05) is 38.2 Å². The van der Waals surface area contributed by atoms with Crippen LogP contribution in [0.2, 0.25) is 0 Å². The largest absolute Gasteiger partial charge is 0.454 e. The molecule has 3 amide bonds. The molecular weight excluding hydrogens is 430 g/mol. The van der Waals surface area contributed by atoms with Gasteiger partial charge in [0.1, 0.15) is 6.54 Å². The Hall–Kier alpha value is -2.78. The lowest BCUT2D eigenvalue weighted by Gasteiger charge is -2.28. The lowest BCUT2D eigenvalue weighted by Crippen LogP contribution is -2.47. The van der Waals surface area contributed by atoms with Crippen LogP contribution >= 0.6 is 11.3 Å². The van der Waals surface area contributed by atoms with Gasteiger partial charge in [-0.1, -0.05) is 6.07 Å². The summed E-state index contributed by atoms with van der Waals surface area (Å²) in [7, 11) is 1.62. The molecule has 0 spiro atoms. The number of amides is 3. The minimum absolute atomic E-state index is 0.00449. The van der Waals surface area contributed by atoms with Crippen molar-refractivity contribution in [2.75, 3.05) is 40.1 Å². The van der Waals surface area contributed by atoms with E-state index in [0.29, 0.717) is 50.7 Å². The van der Waals surface area contributed by atoms with Crippen molar-refractivity contribution < 1.29 is 23.8 Å². The number of nitrogens with one attached hydrogen (secondary N) is 1. The Morgan fingerprint density at radius 2 is 1.97 bits per heavy atom. The van der Waals surface area contributed by atoms with Crippen molar-refractivity contribution in [1.82, 2.24) is 15.1 Å². The number of thiophene rings is 1. The molecule has 0 unspecified atom stereocenters. The van der Waals surface area contributed by atoms with Gasteiger partial charge in [0.25, 0.3) is 0 Å². The van der Waals surface area contributed by atoms with Gasteiger partial charge in [-0.3, -0.25) is 4.79 Å². The number of carbonyl (C=O) groups is 2. The summed E-state index contributed by atoms with van der Waals surface area (Å²) >= 11 is 1.63. The van der Waals surface area contributed by atoms with Crippen LogP contribution in [0, 0.1) is 6.92 Å². The first kappa shape index (κ1) is 23.9. The Labute approximate surface area is 193 Å². The molecule has 1 aromatic carbocycles. The molecule has 32 heavy (non-hydrogen) atoms. The van der Waals surface area contributed by atoms with Crippen molar-refractivity contribution in [1.29, 1.82) is 0 Å². The van der Waals surface area contributed by atoms with E-state index >= 15 is 0 Å². The van der Waals surface area contributed by atoms with Crippen LogP contribution in [0.25, 0.3) is 0 Å². The SMILES string of the molecule is CCNC(=O)N(CCCOC)CC(=O)N(Cc1ccc2c(c1)OCO2)Cc1sccc1C. The van der Waals surface area contributed by atoms with Gasteiger partial charge in [-0.15, -0.1) is 11.3 Å². The zero-order valence-corrected chi connectivity index (χ0v) is 19.7. The molecule has 9 heteroatoms. The van der Waals surface area contributed by atoms with E-state index in [4.69, 9.17) is 14.2 Å². The van der Waals surface area contributed by atoms with E-state index in [-0.39, 0.29) is 25.3 Å². The number of urea groups is 1. The normalized spacial score (nSPS) is 12.0. The van der Waals surface area contributed by atoms with E-state index in [1.165, 1.54) is 0 Å². The molecule has 2 aromatic rings.